The zero-order valence-electron chi connectivity index (χ0n) is 11.7. The van der Waals surface area contributed by atoms with Gasteiger partial charge in [0.05, 0.1) is 0 Å². The fourth-order valence-electron chi connectivity index (χ4n) is 2.12. The Bertz CT molecular complexity index is 605. The van der Waals surface area contributed by atoms with Gasteiger partial charge in [-0.25, -0.2) is 4.79 Å². The summed E-state index contributed by atoms with van der Waals surface area (Å²) in [6.07, 6.45) is 3.35. The van der Waals surface area contributed by atoms with Crippen molar-refractivity contribution in [3.8, 4) is 0 Å². The van der Waals surface area contributed by atoms with Gasteiger partial charge < -0.3 is 15.0 Å². The lowest BCUT2D eigenvalue weighted by molar-refractivity contribution is -0.121. The van der Waals surface area contributed by atoms with Gasteiger partial charge in [0.1, 0.15) is 12.2 Å². The van der Waals surface area contributed by atoms with Crippen LogP contribution in [0.25, 0.3) is 0 Å². The molecule has 1 heterocycles. The van der Waals surface area contributed by atoms with Gasteiger partial charge in [0, 0.05) is 12.7 Å². The lowest BCUT2D eigenvalue weighted by Crippen LogP contribution is -2.29. The third kappa shape index (κ3) is 4.49. The SMILES string of the molecule is O=C(Cn1cccc1C(=O)O)NCCCc1ccccc1. The maximum absolute atomic E-state index is 11.8. The minimum absolute atomic E-state index is 0.0277. The molecule has 0 saturated heterocycles. The molecule has 0 spiro atoms. The second-order valence-electron chi connectivity index (χ2n) is 4.77. The summed E-state index contributed by atoms with van der Waals surface area (Å²) < 4.78 is 1.43. The van der Waals surface area contributed by atoms with E-state index in [9.17, 15) is 9.59 Å². The first-order valence-corrected chi connectivity index (χ1v) is 6.86. The molecular formula is C16H18N2O3. The summed E-state index contributed by atoms with van der Waals surface area (Å²) in [5.41, 5.74) is 1.36. The molecule has 2 N–H and O–H groups in total. The minimum atomic E-state index is -1.03. The number of amides is 1. The van der Waals surface area contributed by atoms with Crippen LogP contribution >= 0.6 is 0 Å². The zero-order chi connectivity index (χ0) is 15.1. The van der Waals surface area contributed by atoms with Gasteiger partial charge in [0.25, 0.3) is 0 Å². The quantitative estimate of drug-likeness (QED) is 0.764. The third-order valence-electron chi connectivity index (χ3n) is 3.17. The standard InChI is InChI=1S/C16H18N2O3/c19-15(12-18-11-5-9-14(18)16(20)21)17-10-4-8-13-6-2-1-3-7-13/h1-3,5-7,9,11H,4,8,10,12H2,(H,17,19)(H,20,21). The predicted octanol–water partition coefficient (Wildman–Crippen LogP) is 1.94. The van der Waals surface area contributed by atoms with Crippen LogP contribution in [0.15, 0.2) is 48.7 Å². The summed E-state index contributed by atoms with van der Waals surface area (Å²) in [6.45, 7) is 0.609. The van der Waals surface area contributed by atoms with Crippen LogP contribution < -0.4 is 5.32 Å². The van der Waals surface area contributed by atoms with E-state index >= 15 is 0 Å². The van der Waals surface area contributed by atoms with Crippen molar-refractivity contribution in [3.05, 3.63) is 59.9 Å². The summed E-state index contributed by atoms with van der Waals surface area (Å²) >= 11 is 0. The topological polar surface area (TPSA) is 71.3 Å². The van der Waals surface area contributed by atoms with Crippen molar-refractivity contribution in [1.82, 2.24) is 9.88 Å². The van der Waals surface area contributed by atoms with Gasteiger partial charge in [0.2, 0.25) is 5.91 Å². The molecule has 0 bridgehead atoms. The van der Waals surface area contributed by atoms with Crippen molar-refractivity contribution in [2.75, 3.05) is 6.54 Å². The number of carboxylic acid groups (broad SMARTS) is 1. The van der Waals surface area contributed by atoms with Gasteiger partial charge in [-0.3, -0.25) is 4.79 Å². The van der Waals surface area contributed by atoms with E-state index in [1.54, 1.807) is 12.3 Å². The fourth-order valence-corrected chi connectivity index (χ4v) is 2.12. The van der Waals surface area contributed by atoms with Gasteiger partial charge in [-0.05, 0) is 30.5 Å². The highest BCUT2D eigenvalue weighted by atomic mass is 16.4. The predicted molar refractivity (Wildman–Crippen MR) is 79.2 cm³/mol. The maximum atomic E-state index is 11.8. The number of rotatable bonds is 7. The molecule has 0 aliphatic rings. The van der Waals surface area contributed by atoms with Crippen LogP contribution in [-0.2, 0) is 17.8 Å². The Labute approximate surface area is 123 Å². The van der Waals surface area contributed by atoms with Crippen LogP contribution in [0.5, 0.6) is 0 Å². The van der Waals surface area contributed by atoms with Crippen molar-refractivity contribution in [2.45, 2.75) is 19.4 Å². The zero-order valence-corrected chi connectivity index (χ0v) is 11.7. The average molecular weight is 286 g/mol. The van der Waals surface area contributed by atoms with Gasteiger partial charge in [-0.1, -0.05) is 30.3 Å². The molecule has 0 fully saturated rings. The highest BCUT2D eigenvalue weighted by molar-refractivity contribution is 5.86. The molecule has 0 radical (unpaired) electrons. The fraction of sp³-hybridized carbons (Fsp3) is 0.250. The van der Waals surface area contributed by atoms with E-state index in [0.717, 1.165) is 12.8 Å². The summed E-state index contributed by atoms with van der Waals surface area (Å²) in [7, 11) is 0. The van der Waals surface area contributed by atoms with Crippen LogP contribution in [0, 0.1) is 0 Å². The third-order valence-corrected chi connectivity index (χ3v) is 3.17. The molecule has 21 heavy (non-hydrogen) atoms. The Hall–Kier alpha value is -2.56. The molecule has 0 saturated carbocycles. The molecule has 0 aliphatic heterocycles. The number of carboxylic acids is 1. The van der Waals surface area contributed by atoms with E-state index in [4.69, 9.17) is 5.11 Å². The summed E-state index contributed by atoms with van der Waals surface area (Å²) in [4.78, 5) is 22.7. The van der Waals surface area contributed by atoms with E-state index in [2.05, 4.69) is 17.4 Å². The molecule has 0 unspecified atom stereocenters. The number of hydrogen-bond acceptors (Lipinski definition) is 2. The normalized spacial score (nSPS) is 10.3. The molecule has 5 heteroatoms. The number of benzene rings is 1. The molecule has 2 aromatic rings. The molecule has 2 rings (SSSR count). The molecule has 1 aromatic carbocycles. The van der Waals surface area contributed by atoms with Gasteiger partial charge in [-0.2, -0.15) is 0 Å². The lowest BCUT2D eigenvalue weighted by Gasteiger charge is -2.08. The Morgan fingerprint density at radius 1 is 1.10 bits per heavy atom. The number of carbonyl (C=O) groups is 2. The Kier molecular flexibility index (Phi) is 5.15. The van der Waals surface area contributed by atoms with Crippen molar-refractivity contribution in [3.63, 3.8) is 0 Å². The number of aromatic nitrogens is 1. The van der Waals surface area contributed by atoms with Crippen molar-refractivity contribution >= 4 is 11.9 Å². The largest absolute Gasteiger partial charge is 0.477 e. The molecule has 1 amide bonds. The molecule has 0 atom stereocenters. The van der Waals surface area contributed by atoms with Crippen molar-refractivity contribution in [2.24, 2.45) is 0 Å². The smallest absolute Gasteiger partial charge is 0.352 e. The van der Waals surface area contributed by atoms with E-state index in [-0.39, 0.29) is 18.1 Å². The second-order valence-corrected chi connectivity index (χ2v) is 4.77. The number of hydrogen-bond donors (Lipinski definition) is 2. The molecule has 0 aliphatic carbocycles. The highest BCUT2D eigenvalue weighted by Crippen LogP contribution is 2.03. The number of nitrogens with one attached hydrogen (secondary N) is 1. The van der Waals surface area contributed by atoms with Crippen molar-refractivity contribution in [1.29, 1.82) is 0 Å². The first-order chi connectivity index (χ1) is 10.2. The van der Waals surface area contributed by atoms with Crippen molar-refractivity contribution < 1.29 is 14.7 Å². The van der Waals surface area contributed by atoms with Crippen LogP contribution in [0.3, 0.4) is 0 Å². The summed E-state index contributed by atoms with van der Waals surface area (Å²) in [5, 5.41) is 11.8. The van der Waals surface area contributed by atoms with Gasteiger partial charge in [0.15, 0.2) is 0 Å². The Morgan fingerprint density at radius 3 is 2.57 bits per heavy atom. The Morgan fingerprint density at radius 2 is 1.86 bits per heavy atom. The van der Waals surface area contributed by atoms with Gasteiger partial charge >= 0.3 is 5.97 Å². The number of aromatic carboxylic acids is 1. The second kappa shape index (κ2) is 7.28. The lowest BCUT2D eigenvalue weighted by atomic mass is 10.1. The maximum Gasteiger partial charge on any atom is 0.352 e. The minimum Gasteiger partial charge on any atom is -0.477 e. The van der Waals surface area contributed by atoms with E-state index in [0.29, 0.717) is 6.54 Å². The van der Waals surface area contributed by atoms with E-state index in [1.807, 2.05) is 18.2 Å². The molecular weight excluding hydrogens is 268 g/mol. The Balaban J connectivity index is 1.73. The summed E-state index contributed by atoms with van der Waals surface area (Å²) in [6, 6.07) is 13.2. The first kappa shape index (κ1) is 14.8. The number of nitrogens with zero attached hydrogens (tertiary/aromatic N) is 1. The monoisotopic (exact) mass is 286 g/mol. The number of aryl methyl sites for hydroxylation is 1. The van der Waals surface area contributed by atoms with Gasteiger partial charge in [-0.15, -0.1) is 0 Å². The summed E-state index contributed by atoms with van der Waals surface area (Å²) in [5.74, 6) is -1.21. The first-order valence-electron chi connectivity index (χ1n) is 6.86. The van der Waals surface area contributed by atoms with E-state index < -0.39 is 5.97 Å². The molecule has 1 aromatic heterocycles. The van der Waals surface area contributed by atoms with Crippen LogP contribution in [-0.4, -0.2) is 28.1 Å². The molecule has 5 nitrogen and oxygen atoms in total. The number of carbonyl (C=O) groups excluding carboxylic acids is 1. The van der Waals surface area contributed by atoms with Crippen LogP contribution in [0.1, 0.15) is 22.5 Å². The van der Waals surface area contributed by atoms with E-state index in [1.165, 1.54) is 16.2 Å². The molecule has 110 valence electrons. The highest BCUT2D eigenvalue weighted by Gasteiger charge is 2.11. The average Bonchev–Trinajstić information content (AvgIpc) is 2.93. The van der Waals surface area contributed by atoms with Crippen LogP contribution in [0.4, 0.5) is 0 Å². The van der Waals surface area contributed by atoms with Crippen LogP contribution in [0.2, 0.25) is 0 Å².